The van der Waals surface area contributed by atoms with Gasteiger partial charge in [0.2, 0.25) is 5.91 Å². The van der Waals surface area contributed by atoms with E-state index >= 15 is 0 Å². The molecule has 1 aromatic carbocycles. The molecule has 0 fully saturated rings. The average Bonchev–Trinajstić information content (AvgIpc) is 3.34. The quantitative estimate of drug-likeness (QED) is 0.747. The fraction of sp³-hybridized carbons (Fsp3) is 0.350. The van der Waals surface area contributed by atoms with Gasteiger partial charge in [0.15, 0.2) is 0 Å². The highest BCUT2D eigenvalue weighted by Crippen LogP contribution is 2.43. The van der Waals surface area contributed by atoms with Crippen molar-refractivity contribution in [3.05, 3.63) is 40.4 Å². The van der Waals surface area contributed by atoms with Gasteiger partial charge in [0, 0.05) is 36.5 Å². The van der Waals surface area contributed by atoms with E-state index in [1.165, 1.54) is 0 Å². The van der Waals surface area contributed by atoms with Gasteiger partial charge in [-0.1, -0.05) is 20.4 Å². The zero-order valence-electron chi connectivity index (χ0n) is 15.7. The summed E-state index contributed by atoms with van der Waals surface area (Å²) < 4.78 is 5.84. The molecule has 0 bridgehead atoms. The Balaban J connectivity index is 2.02. The van der Waals surface area contributed by atoms with E-state index in [4.69, 9.17) is 9.72 Å². The van der Waals surface area contributed by atoms with Gasteiger partial charge < -0.3 is 15.4 Å². The van der Waals surface area contributed by atoms with Crippen molar-refractivity contribution in [2.75, 3.05) is 25.5 Å². The molecule has 1 aliphatic rings. The summed E-state index contributed by atoms with van der Waals surface area (Å²) in [6, 6.07) is 4.17. The number of rotatable bonds is 6. The summed E-state index contributed by atoms with van der Waals surface area (Å²) in [6.45, 7) is 8.80. The minimum Gasteiger partial charge on any atom is -0.492 e. The van der Waals surface area contributed by atoms with Crippen molar-refractivity contribution in [1.29, 1.82) is 5.26 Å². The normalized spacial score (nSPS) is 12.3. The van der Waals surface area contributed by atoms with Crippen LogP contribution in [0.25, 0.3) is 10.6 Å². The van der Waals surface area contributed by atoms with E-state index in [1.807, 2.05) is 6.07 Å². The molecule has 140 valence electrons. The fourth-order valence-electron chi connectivity index (χ4n) is 2.94. The van der Waals surface area contributed by atoms with E-state index in [1.54, 1.807) is 18.4 Å². The Morgan fingerprint density at radius 1 is 1.52 bits per heavy atom. The van der Waals surface area contributed by atoms with E-state index < -0.39 is 0 Å². The maximum absolute atomic E-state index is 11.7. The second-order valence-corrected chi connectivity index (χ2v) is 7.49. The number of hydrogen-bond donors (Lipinski definition) is 2. The molecular formula is C20H22N4O2S. The van der Waals surface area contributed by atoms with E-state index in [0.29, 0.717) is 35.8 Å². The molecule has 1 aliphatic heterocycles. The SMILES string of the molecule is C=C(CNc1cc(-c2nc(C(C)C)cs2)c2c(c1C#N)CCO2)C(=O)NC. The summed E-state index contributed by atoms with van der Waals surface area (Å²) in [4.78, 5) is 16.4. The van der Waals surface area contributed by atoms with Gasteiger partial charge in [-0.05, 0) is 12.0 Å². The first-order valence-corrected chi connectivity index (χ1v) is 9.66. The van der Waals surface area contributed by atoms with Gasteiger partial charge >= 0.3 is 0 Å². The van der Waals surface area contributed by atoms with Gasteiger partial charge in [0.1, 0.15) is 16.8 Å². The number of carbonyl (C=O) groups is 1. The Kier molecular flexibility index (Phi) is 5.47. The lowest BCUT2D eigenvalue weighted by molar-refractivity contribution is -0.116. The Morgan fingerprint density at radius 2 is 2.30 bits per heavy atom. The molecule has 1 aromatic heterocycles. The number of nitriles is 1. The molecular weight excluding hydrogens is 360 g/mol. The van der Waals surface area contributed by atoms with Crippen LogP contribution in [0.3, 0.4) is 0 Å². The number of amides is 1. The molecule has 1 amide bonds. The van der Waals surface area contributed by atoms with E-state index in [9.17, 15) is 10.1 Å². The fourth-order valence-corrected chi connectivity index (χ4v) is 3.93. The lowest BCUT2D eigenvalue weighted by Crippen LogP contribution is -2.23. The minimum atomic E-state index is -0.229. The zero-order valence-corrected chi connectivity index (χ0v) is 16.5. The second-order valence-electron chi connectivity index (χ2n) is 6.63. The monoisotopic (exact) mass is 382 g/mol. The third-order valence-electron chi connectivity index (χ3n) is 4.47. The summed E-state index contributed by atoms with van der Waals surface area (Å²) in [6.07, 6.45) is 0.680. The van der Waals surface area contributed by atoms with Crippen LogP contribution in [0.15, 0.2) is 23.6 Å². The molecule has 2 heterocycles. The molecule has 3 rings (SSSR count). The zero-order chi connectivity index (χ0) is 19.6. The summed E-state index contributed by atoms with van der Waals surface area (Å²) >= 11 is 1.57. The second kappa shape index (κ2) is 7.80. The highest BCUT2D eigenvalue weighted by atomic mass is 32.1. The van der Waals surface area contributed by atoms with Crippen LogP contribution in [0.1, 0.15) is 36.6 Å². The van der Waals surface area contributed by atoms with Crippen molar-refractivity contribution in [2.24, 2.45) is 0 Å². The van der Waals surface area contributed by atoms with Crippen LogP contribution in [-0.4, -0.2) is 31.1 Å². The maximum Gasteiger partial charge on any atom is 0.248 e. The molecule has 0 unspecified atom stereocenters. The van der Waals surface area contributed by atoms with Crippen LogP contribution in [0.5, 0.6) is 5.75 Å². The van der Waals surface area contributed by atoms with Gasteiger partial charge in [-0.3, -0.25) is 4.79 Å². The van der Waals surface area contributed by atoms with Crippen LogP contribution in [0.4, 0.5) is 5.69 Å². The summed E-state index contributed by atoms with van der Waals surface area (Å²) in [5.74, 6) is 0.856. The first-order valence-electron chi connectivity index (χ1n) is 8.78. The van der Waals surface area contributed by atoms with Gasteiger partial charge in [-0.2, -0.15) is 5.26 Å². The lowest BCUT2D eigenvalue weighted by Gasteiger charge is -2.14. The molecule has 0 saturated carbocycles. The molecule has 0 atom stereocenters. The number of ether oxygens (including phenoxy) is 1. The molecule has 0 saturated heterocycles. The standard InChI is InChI=1S/C20H22N4O2S/c1-11(2)17-10-27-20(24-17)14-7-16(23-9-12(3)19(25)22-4)15(8-21)13-5-6-26-18(13)14/h7,10-11,23H,3,5-6,9H2,1-2,4H3,(H,22,25). The lowest BCUT2D eigenvalue weighted by atomic mass is 9.99. The molecule has 0 spiro atoms. The van der Waals surface area contributed by atoms with Crippen molar-refractivity contribution >= 4 is 22.9 Å². The third kappa shape index (κ3) is 3.67. The predicted molar refractivity (Wildman–Crippen MR) is 107 cm³/mol. The van der Waals surface area contributed by atoms with Crippen LogP contribution in [0, 0.1) is 11.3 Å². The summed E-state index contributed by atoms with van der Waals surface area (Å²) in [5.41, 5.74) is 4.43. The Bertz CT molecular complexity index is 940. The average molecular weight is 382 g/mol. The number of aromatic nitrogens is 1. The third-order valence-corrected chi connectivity index (χ3v) is 5.37. The highest BCUT2D eigenvalue weighted by molar-refractivity contribution is 7.13. The number of carbonyl (C=O) groups excluding carboxylic acids is 1. The van der Waals surface area contributed by atoms with Crippen molar-refractivity contribution in [3.63, 3.8) is 0 Å². The van der Waals surface area contributed by atoms with Crippen LogP contribution < -0.4 is 15.4 Å². The van der Waals surface area contributed by atoms with Crippen molar-refractivity contribution in [2.45, 2.75) is 26.2 Å². The molecule has 0 aliphatic carbocycles. The van der Waals surface area contributed by atoms with Crippen molar-refractivity contribution < 1.29 is 9.53 Å². The first kappa shape index (κ1) is 18.9. The van der Waals surface area contributed by atoms with Crippen LogP contribution >= 0.6 is 11.3 Å². The highest BCUT2D eigenvalue weighted by Gasteiger charge is 2.26. The number of fused-ring (bicyclic) bond motifs is 1. The number of likely N-dealkylation sites (N-methyl/N-ethyl adjacent to an activating group) is 1. The molecule has 6 nitrogen and oxygen atoms in total. The van der Waals surface area contributed by atoms with Gasteiger partial charge in [-0.25, -0.2) is 4.98 Å². The minimum absolute atomic E-state index is 0.229. The number of nitrogens with zero attached hydrogens (tertiary/aromatic N) is 2. The van der Waals surface area contributed by atoms with Gasteiger partial charge in [0.05, 0.1) is 29.1 Å². The molecule has 0 radical (unpaired) electrons. The molecule has 2 N–H and O–H groups in total. The van der Waals surface area contributed by atoms with Crippen molar-refractivity contribution in [3.8, 4) is 22.4 Å². The Labute approximate surface area is 162 Å². The number of anilines is 1. The summed E-state index contributed by atoms with van der Waals surface area (Å²) in [5, 5.41) is 18.3. The van der Waals surface area contributed by atoms with Gasteiger partial charge in [-0.15, -0.1) is 11.3 Å². The molecule has 2 aromatic rings. The summed E-state index contributed by atoms with van der Waals surface area (Å²) in [7, 11) is 1.56. The topological polar surface area (TPSA) is 87.0 Å². The number of hydrogen-bond acceptors (Lipinski definition) is 6. The van der Waals surface area contributed by atoms with Crippen LogP contribution in [-0.2, 0) is 11.2 Å². The largest absolute Gasteiger partial charge is 0.492 e. The molecule has 27 heavy (non-hydrogen) atoms. The van der Waals surface area contributed by atoms with E-state index in [0.717, 1.165) is 27.6 Å². The maximum atomic E-state index is 11.7. The van der Waals surface area contributed by atoms with E-state index in [2.05, 4.69) is 42.5 Å². The number of thiazole rings is 1. The first-order chi connectivity index (χ1) is 13.0. The molecule has 7 heteroatoms. The number of benzene rings is 1. The van der Waals surface area contributed by atoms with Gasteiger partial charge in [0.25, 0.3) is 0 Å². The predicted octanol–water partition coefficient (Wildman–Crippen LogP) is 3.45. The van der Waals surface area contributed by atoms with Crippen molar-refractivity contribution in [1.82, 2.24) is 10.3 Å². The smallest absolute Gasteiger partial charge is 0.248 e. The Hall–Kier alpha value is -2.85. The number of nitrogens with one attached hydrogen (secondary N) is 2. The van der Waals surface area contributed by atoms with E-state index in [-0.39, 0.29) is 12.5 Å². The van der Waals surface area contributed by atoms with Crippen LogP contribution in [0.2, 0.25) is 0 Å². The Morgan fingerprint density at radius 3 is 2.93 bits per heavy atom.